The Morgan fingerprint density at radius 3 is 2.84 bits per heavy atom. The van der Waals surface area contributed by atoms with Gasteiger partial charge >= 0.3 is 0 Å². The first-order valence-electron chi connectivity index (χ1n) is 9.89. The summed E-state index contributed by atoms with van der Waals surface area (Å²) in [4.78, 5) is 19.6. The number of likely N-dealkylation sites (tertiary alicyclic amines) is 1. The molecule has 1 amide bonds. The highest BCUT2D eigenvalue weighted by molar-refractivity contribution is 5.84. The predicted octanol–water partition coefficient (Wildman–Crippen LogP) is 1.94. The van der Waals surface area contributed by atoms with Gasteiger partial charge in [0.25, 0.3) is 0 Å². The molecule has 3 aliphatic rings. The summed E-state index contributed by atoms with van der Waals surface area (Å²) in [6.07, 6.45) is 10.6. The molecular formula is C20H30N4O. The van der Waals surface area contributed by atoms with Crippen molar-refractivity contribution in [1.82, 2.24) is 20.5 Å². The van der Waals surface area contributed by atoms with Crippen molar-refractivity contribution in [2.75, 3.05) is 26.2 Å². The van der Waals surface area contributed by atoms with Crippen LogP contribution in [-0.2, 0) is 11.3 Å². The van der Waals surface area contributed by atoms with E-state index in [1.165, 1.54) is 24.8 Å². The molecule has 25 heavy (non-hydrogen) atoms. The lowest BCUT2D eigenvalue weighted by Crippen LogP contribution is -2.53. The van der Waals surface area contributed by atoms with Gasteiger partial charge < -0.3 is 10.6 Å². The van der Waals surface area contributed by atoms with Crippen LogP contribution in [0, 0.1) is 11.3 Å². The number of aromatic nitrogens is 1. The molecule has 4 rings (SSSR count). The van der Waals surface area contributed by atoms with Gasteiger partial charge in [0.15, 0.2) is 0 Å². The van der Waals surface area contributed by atoms with E-state index in [0.717, 1.165) is 52.0 Å². The normalized spacial score (nSPS) is 30.8. The molecule has 0 spiro atoms. The molecule has 0 radical (unpaired) electrons. The molecule has 1 aromatic rings. The number of nitrogens with zero attached hydrogens (tertiary/aromatic N) is 2. The highest BCUT2D eigenvalue weighted by Gasteiger charge is 2.50. The van der Waals surface area contributed by atoms with Gasteiger partial charge in [0.2, 0.25) is 5.91 Å². The summed E-state index contributed by atoms with van der Waals surface area (Å²) in [5.41, 5.74) is 1.20. The highest BCUT2D eigenvalue weighted by Crippen LogP contribution is 2.44. The molecule has 1 aliphatic carbocycles. The van der Waals surface area contributed by atoms with Crippen molar-refractivity contribution < 1.29 is 4.79 Å². The van der Waals surface area contributed by atoms with Crippen LogP contribution in [0.5, 0.6) is 0 Å². The Hall–Kier alpha value is -1.46. The van der Waals surface area contributed by atoms with Gasteiger partial charge in [0.1, 0.15) is 0 Å². The van der Waals surface area contributed by atoms with Crippen molar-refractivity contribution in [2.45, 2.75) is 51.1 Å². The van der Waals surface area contributed by atoms with Gasteiger partial charge in [-0.1, -0.05) is 12.8 Å². The van der Waals surface area contributed by atoms with E-state index in [1.807, 2.05) is 12.4 Å². The van der Waals surface area contributed by atoms with E-state index >= 15 is 0 Å². The monoisotopic (exact) mass is 342 g/mol. The molecule has 2 N–H and O–H groups in total. The Balaban J connectivity index is 1.29. The lowest BCUT2D eigenvalue weighted by atomic mass is 9.67. The molecular weight excluding hydrogens is 312 g/mol. The van der Waals surface area contributed by atoms with E-state index < -0.39 is 0 Å². The third-order valence-electron chi connectivity index (χ3n) is 6.57. The molecule has 2 aliphatic heterocycles. The van der Waals surface area contributed by atoms with Crippen LogP contribution in [0.2, 0.25) is 0 Å². The zero-order valence-corrected chi connectivity index (χ0v) is 15.0. The zero-order valence-electron chi connectivity index (χ0n) is 15.0. The number of rotatable bonds is 4. The number of nitrogens with one attached hydrogen (secondary N) is 2. The maximum Gasteiger partial charge on any atom is 0.228 e. The van der Waals surface area contributed by atoms with Crippen LogP contribution in [0.15, 0.2) is 24.5 Å². The van der Waals surface area contributed by atoms with E-state index in [9.17, 15) is 4.79 Å². The summed E-state index contributed by atoms with van der Waals surface area (Å²) in [6, 6.07) is 4.52. The van der Waals surface area contributed by atoms with E-state index in [2.05, 4.69) is 32.7 Å². The fraction of sp³-hybridized carbons (Fsp3) is 0.700. The van der Waals surface area contributed by atoms with Crippen molar-refractivity contribution >= 4 is 5.91 Å². The Morgan fingerprint density at radius 1 is 1.24 bits per heavy atom. The van der Waals surface area contributed by atoms with Crippen molar-refractivity contribution in [3.63, 3.8) is 0 Å². The molecule has 0 unspecified atom stereocenters. The molecule has 136 valence electrons. The summed E-state index contributed by atoms with van der Waals surface area (Å²) in [5.74, 6) is 0.878. The molecule has 3 heterocycles. The number of piperidine rings is 1. The third kappa shape index (κ3) is 3.58. The number of carbonyl (C=O) groups excluding carboxylic acids is 1. The quantitative estimate of drug-likeness (QED) is 0.878. The number of hydrogen-bond donors (Lipinski definition) is 2. The van der Waals surface area contributed by atoms with Crippen molar-refractivity contribution in [2.24, 2.45) is 11.3 Å². The fourth-order valence-electron chi connectivity index (χ4n) is 5.00. The first kappa shape index (κ1) is 17.0. The lowest BCUT2D eigenvalue weighted by Gasteiger charge is -2.39. The second-order valence-corrected chi connectivity index (χ2v) is 8.11. The van der Waals surface area contributed by atoms with Gasteiger partial charge in [0.05, 0.1) is 5.41 Å². The van der Waals surface area contributed by atoms with Gasteiger partial charge in [0, 0.05) is 44.6 Å². The van der Waals surface area contributed by atoms with E-state index in [-0.39, 0.29) is 5.41 Å². The Bertz CT molecular complexity index is 585. The SMILES string of the molecule is O=C(NC1CCN(Cc2ccncc2)CC1)[C@@]12CCCC[C@H]1CNC2. The minimum absolute atomic E-state index is 0.119. The number of carbonyl (C=O) groups is 1. The summed E-state index contributed by atoms with van der Waals surface area (Å²) in [6.45, 7) is 5.01. The zero-order chi connectivity index (χ0) is 17.1. The van der Waals surface area contributed by atoms with Gasteiger partial charge in [-0.2, -0.15) is 0 Å². The van der Waals surface area contributed by atoms with Gasteiger partial charge in [-0.3, -0.25) is 14.7 Å². The second-order valence-electron chi connectivity index (χ2n) is 8.11. The van der Waals surface area contributed by atoms with Crippen LogP contribution in [0.25, 0.3) is 0 Å². The number of pyridine rings is 1. The number of amides is 1. The first-order valence-corrected chi connectivity index (χ1v) is 9.89. The average molecular weight is 342 g/mol. The van der Waals surface area contributed by atoms with Crippen molar-refractivity contribution in [1.29, 1.82) is 0 Å². The van der Waals surface area contributed by atoms with E-state index in [4.69, 9.17) is 0 Å². The maximum absolute atomic E-state index is 13.1. The van der Waals surface area contributed by atoms with Crippen LogP contribution in [-0.4, -0.2) is 48.0 Å². The van der Waals surface area contributed by atoms with E-state index in [1.54, 1.807) is 0 Å². The molecule has 0 bridgehead atoms. The summed E-state index contributed by atoms with van der Waals surface area (Å²) in [7, 11) is 0. The topological polar surface area (TPSA) is 57.3 Å². The van der Waals surface area contributed by atoms with Gasteiger partial charge in [-0.25, -0.2) is 0 Å². The molecule has 0 aromatic carbocycles. The standard InChI is InChI=1S/C20H30N4O/c25-19(20-8-2-1-3-17(20)13-22-15-20)23-18-6-11-24(12-7-18)14-16-4-9-21-10-5-16/h4-5,9-10,17-18,22H,1-3,6-8,11-15H2,(H,23,25)/t17-,20+/m0/s1. The van der Waals surface area contributed by atoms with Crippen molar-refractivity contribution in [3.05, 3.63) is 30.1 Å². The van der Waals surface area contributed by atoms with Crippen LogP contribution in [0.3, 0.4) is 0 Å². The van der Waals surface area contributed by atoms with Crippen molar-refractivity contribution in [3.8, 4) is 0 Å². The Labute approximate surface area is 150 Å². The Morgan fingerprint density at radius 2 is 2.04 bits per heavy atom. The summed E-state index contributed by atoms with van der Waals surface area (Å²) in [5, 5.41) is 6.90. The largest absolute Gasteiger partial charge is 0.353 e. The van der Waals surface area contributed by atoms with Crippen LogP contribution in [0.4, 0.5) is 0 Å². The Kier molecular flexibility index (Phi) is 5.04. The smallest absolute Gasteiger partial charge is 0.228 e. The van der Waals surface area contributed by atoms with Crippen LogP contribution >= 0.6 is 0 Å². The minimum Gasteiger partial charge on any atom is -0.353 e. The number of hydrogen-bond acceptors (Lipinski definition) is 4. The molecule has 5 nitrogen and oxygen atoms in total. The molecule has 1 saturated carbocycles. The van der Waals surface area contributed by atoms with Crippen LogP contribution < -0.4 is 10.6 Å². The van der Waals surface area contributed by atoms with E-state index in [0.29, 0.717) is 17.9 Å². The summed E-state index contributed by atoms with van der Waals surface area (Å²) < 4.78 is 0. The fourth-order valence-corrected chi connectivity index (χ4v) is 5.00. The molecule has 3 fully saturated rings. The van der Waals surface area contributed by atoms with Gasteiger partial charge in [-0.05, 0) is 55.8 Å². The predicted molar refractivity (Wildman–Crippen MR) is 97.9 cm³/mol. The minimum atomic E-state index is -0.119. The summed E-state index contributed by atoms with van der Waals surface area (Å²) >= 11 is 0. The highest BCUT2D eigenvalue weighted by atomic mass is 16.2. The number of fused-ring (bicyclic) bond motifs is 1. The second kappa shape index (κ2) is 7.42. The maximum atomic E-state index is 13.1. The van der Waals surface area contributed by atoms with Gasteiger partial charge in [-0.15, -0.1) is 0 Å². The first-order chi connectivity index (χ1) is 12.3. The van der Waals surface area contributed by atoms with Crippen LogP contribution in [0.1, 0.15) is 44.1 Å². The molecule has 1 aromatic heterocycles. The molecule has 5 heteroatoms. The average Bonchev–Trinajstić information content (AvgIpc) is 3.10. The molecule has 2 saturated heterocycles. The lowest BCUT2D eigenvalue weighted by molar-refractivity contribution is -0.135. The molecule has 2 atom stereocenters. The third-order valence-corrected chi connectivity index (χ3v) is 6.57.